The van der Waals surface area contributed by atoms with Gasteiger partial charge in [0.25, 0.3) is 0 Å². The third kappa shape index (κ3) is 4.46. The molecule has 2 rings (SSSR count). The van der Waals surface area contributed by atoms with E-state index in [1.165, 1.54) is 26.3 Å². The molecule has 1 saturated heterocycles. The SMILES string of the molecule is COc1ccc(S(=O)(=O)N(C)CC(=O)NC[C@H]2CCCO2)cc1C. The number of carbonyl (C=O) groups excluding carboxylic acids is 1. The van der Waals surface area contributed by atoms with Crippen molar-refractivity contribution in [1.29, 1.82) is 0 Å². The van der Waals surface area contributed by atoms with Crippen LogP contribution in [0, 0.1) is 6.92 Å². The predicted molar refractivity (Wildman–Crippen MR) is 89.5 cm³/mol. The van der Waals surface area contributed by atoms with Crippen LogP contribution in [0.15, 0.2) is 23.1 Å². The zero-order valence-corrected chi connectivity index (χ0v) is 15.1. The minimum absolute atomic E-state index is 0.0279. The van der Waals surface area contributed by atoms with Crippen LogP contribution < -0.4 is 10.1 Å². The molecule has 1 atom stereocenters. The summed E-state index contributed by atoms with van der Waals surface area (Å²) in [5.41, 5.74) is 0.717. The molecule has 8 heteroatoms. The Morgan fingerprint density at radius 3 is 2.79 bits per heavy atom. The first kappa shape index (κ1) is 18.7. The van der Waals surface area contributed by atoms with E-state index >= 15 is 0 Å². The molecule has 0 aliphatic carbocycles. The molecule has 0 spiro atoms. The number of benzene rings is 1. The minimum atomic E-state index is -3.73. The van der Waals surface area contributed by atoms with E-state index in [2.05, 4.69) is 5.32 Å². The highest BCUT2D eigenvalue weighted by Gasteiger charge is 2.24. The summed E-state index contributed by atoms with van der Waals surface area (Å²) in [6.45, 7) is 2.66. The first-order chi connectivity index (χ1) is 11.3. The van der Waals surface area contributed by atoms with E-state index in [1.807, 2.05) is 0 Å². The molecule has 24 heavy (non-hydrogen) atoms. The Bertz CT molecular complexity index is 684. The van der Waals surface area contributed by atoms with Crippen molar-refractivity contribution in [2.75, 3.05) is 33.9 Å². The number of hydrogen-bond acceptors (Lipinski definition) is 5. The maximum atomic E-state index is 12.6. The molecule has 1 aromatic rings. The topological polar surface area (TPSA) is 84.9 Å². The number of aryl methyl sites for hydroxylation is 1. The normalized spacial score (nSPS) is 17.9. The third-order valence-corrected chi connectivity index (χ3v) is 5.79. The Hall–Kier alpha value is -1.64. The predicted octanol–water partition coefficient (Wildman–Crippen LogP) is 0.919. The molecule has 1 amide bonds. The van der Waals surface area contributed by atoms with Gasteiger partial charge in [0.05, 0.1) is 24.7 Å². The Labute approximate surface area is 143 Å². The van der Waals surface area contributed by atoms with E-state index in [9.17, 15) is 13.2 Å². The van der Waals surface area contributed by atoms with Crippen LogP contribution in [0.2, 0.25) is 0 Å². The van der Waals surface area contributed by atoms with E-state index in [0.29, 0.717) is 18.9 Å². The molecule has 0 saturated carbocycles. The van der Waals surface area contributed by atoms with Gasteiger partial charge in [0.15, 0.2) is 0 Å². The number of carbonyl (C=O) groups is 1. The molecule has 1 aliphatic heterocycles. The second kappa shape index (κ2) is 7.96. The quantitative estimate of drug-likeness (QED) is 0.785. The summed E-state index contributed by atoms with van der Waals surface area (Å²) in [4.78, 5) is 12.1. The van der Waals surface area contributed by atoms with Gasteiger partial charge in [-0.25, -0.2) is 8.42 Å². The van der Waals surface area contributed by atoms with Crippen LogP contribution >= 0.6 is 0 Å². The van der Waals surface area contributed by atoms with Gasteiger partial charge in [-0.1, -0.05) is 0 Å². The first-order valence-corrected chi connectivity index (χ1v) is 9.28. The molecule has 1 aliphatic rings. The number of hydrogen-bond donors (Lipinski definition) is 1. The van der Waals surface area contributed by atoms with Gasteiger partial charge in [-0.2, -0.15) is 4.31 Å². The van der Waals surface area contributed by atoms with Gasteiger partial charge in [0, 0.05) is 20.2 Å². The Morgan fingerprint density at radius 2 is 2.21 bits per heavy atom. The highest BCUT2D eigenvalue weighted by Crippen LogP contribution is 2.23. The van der Waals surface area contributed by atoms with Crippen molar-refractivity contribution in [2.45, 2.75) is 30.8 Å². The molecule has 7 nitrogen and oxygen atoms in total. The maximum absolute atomic E-state index is 12.6. The summed E-state index contributed by atoms with van der Waals surface area (Å²) in [5, 5.41) is 2.72. The molecular weight excluding hydrogens is 332 g/mol. The largest absolute Gasteiger partial charge is 0.496 e. The average molecular weight is 356 g/mol. The molecule has 1 fully saturated rings. The molecule has 0 unspecified atom stereocenters. The first-order valence-electron chi connectivity index (χ1n) is 7.84. The summed E-state index contributed by atoms with van der Waals surface area (Å²) in [6, 6.07) is 4.62. The van der Waals surface area contributed by atoms with Gasteiger partial charge >= 0.3 is 0 Å². The standard InChI is InChI=1S/C16H24N2O5S/c1-12-9-14(6-7-15(12)22-3)24(20,21)18(2)11-16(19)17-10-13-5-4-8-23-13/h6-7,9,13H,4-5,8,10-11H2,1-3H3,(H,17,19)/t13-/m1/s1. The molecule has 1 aromatic carbocycles. The van der Waals surface area contributed by atoms with Gasteiger partial charge in [-0.3, -0.25) is 4.79 Å². The number of rotatable bonds is 7. The summed E-state index contributed by atoms with van der Waals surface area (Å²) in [7, 11) is -0.815. The highest BCUT2D eigenvalue weighted by atomic mass is 32.2. The summed E-state index contributed by atoms with van der Waals surface area (Å²) < 4.78 is 36.7. The van der Waals surface area contributed by atoms with Crippen molar-refractivity contribution < 1.29 is 22.7 Å². The number of ether oxygens (including phenoxy) is 2. The number of likely N-dealkylation sites (N-methyl/N-ethyl adjacent to an activating group) is 1. The van der Waals surface area contributed by atoms with Gasteiger partial charge in [0.2, 0.25) is 15.9 Å². The van der Waals surface area contributed by atoms with Crippen LogP contribution in [0.4, 0.5) is 0 Å². The lowest BCUT2D eigenvalue weighted by atomic mass is 10.2. The molecule has 0 radical (unpaired) electrons. The van der Waals surface area contributed by atoms with Crippen LogP contribution in [0.25, 0.3) is 0 Å². The number of sulfonamides is 1. The van der Waals surface area contributed by atoms with Crippen LogP contribution in [0.1, 0.15) is 18.4 Å². The second-order valence-corrected chi connectivity index (χ2v) is 7.88. The van der Waals surface area contributed by atoms with Crippen LogP contribution in [0.3, 0.4) is 0 Å². The fraction of sp³-hybridized carbons (Fsp3) is 0.562. The highest BCUT2D eigenvalue weighted by molar-refractivity contribution is 7.89. The van der Waals surface area contributed by atoms with Crippen molar-refractivity contribution in [3.63, 3.8) is 0 Å². The summed E-state index contributed by atoms with van der Waals surface area (Å²) >= 11 is 0. The van der Waals surface area contributed by atoms with Crippen LogP contribution in [0.5, 0.6) is 5.75 Å². The monoisotopic (exact) mass is 356 g/mol. The fourth-order valence-corrected chi connectivity index (χ4v) is 3.78. The fourth-order valence-electron chi connectivity index (χ4n) is 2.57. The van der Waals surface area contributed by atoms with Crippen LogP contribution in [-0.2, 0) is 19.6 Å². The number of nitrogens with zero attached hydrogens (tertiary/aromatic N) is 1. The van der Waals surface area contributed by atoms with Crippen molar-refractivity contribution in [2.24, 2.45) is 0 Å². The lowest BCUT2D eigenvalue weighted by Crippen LogP contribution is -2.40. The molecule has 1 N–H and O–H groups in total. The van der Waals surface area contributed by atoms with Crippen LogP contribution in [-0.4, -0.2) is 58.6 Å². The van der Waals surface area contributed by atoms with E-state index < -0.39 is 10.0 Å². The van der Waals surface area contributed by atoms with Crippen molar-refractivity contribution in [3.8, 4) is 5.75 Å². The minimum Gasteiger partial charge on any atom is -0.496 e. The number of amides is 1. The number of nitrogens with one attached hydrogen (secondary N) is 1. The maximum Gasteiger partial charge on any atom is 0.243 e. The van der Waals surface area contributed by atoms with Gasteiger partial charge < -0.3 is 14.8 Å². The second-order valence-electron chi connectivity index (χ2n) is 5.83. The van der Waals surface area contributed by atoms with Crippen molar-refractivity contribution in [3.05, 3.63) is 23.8 Å². The Kier molecular flexibility index (Phi) is 6.20. The number of methoxy groups -OCH3 is 1. The molecule has 1 heterocycles. The zero-order valence-electron chi connectivity index (χ0n) is 14.2. The van der Waals surface area contributed by atoms with Crippen molar-refractivity contribution in [1.82, 2.24) is 9.62 Å². The molecule has 134 valence electrons. The Morgan fingerprint density at radius 1 is 1.46 bits per heavy atom. The van der Waals surface area contributed by atoms with Gasteiger partial charge in [0.1, 0.15) is 5.75 Å². The summed E-state index contributed by atoms with van der Waals surface area (Å²) in [6.07, 6.45) is 1.94. The molecular formula is C16H24N2O5S. The lowest BCUT2D eigenvalue weighted by molar-refractivity contribution is -0.121. The zero-order chi connectivity index (χ0) is 17.7. The third-order valence-electron chi connectivity index (χ3n) is 3.99. The molecule has 0 bridgehead atoms. The summed E-state index contributed by atoms with van der Waals surface area (Å²) in [5.74, 6) is 0.271. The average Bonchev–Trinajstić information content (AvgIpc) is 3.06. The van der Waals surface area contributed by atoms with Gasteiger partial charge in [-0.05, 0) is 43.5 Å². The lowest BCUT2D eigenvalue weighted by Gasteiger charge is -2.18. The smallest absolute Gasteiger partial charge is 0.243 e. The van der Waals surface area contributed by atoms with E-state index in [4.69, 9.17) is 9.47 Å². The van der Waals surface area contributed by atoms with E-state index in [1.54, 1.807) is 13.0 Å². The van der Waals surface area contributed by atoms with E-state index in [-0.39, 0.29) is 23.5 Å². The molecule has 0 aromatic heterocycles. The van der Waals surface area contributed by atoms with Crippen molar-refractivity contribution >= 4 is 15.9 Å². The van der Waals surface area contributed by atoms with Gasteiger partial charge in [-0.15, -0.1) is 0 Å². The Balaban J connectivity index is 1.97. The van der Waals surface area contributed by atoms with E-state index in [0.717, 1.165) is 22.7 Å².